The molecule has 0 heterocycles. The molecule has 1 aromatic carbocycles. The quantitative estimate of drug-likeness (QED) is 0.265. The molecule has 1 nitrogen and oxygen atoms in total. The minimum absolute atomic E-state index is 0.0403. The second-order valence-corrected chi connectivity index (χ2v) is 5.29. The Hall–Kier alpha value is -2.64. The van der Waals surface area contributed by atoms with Crippen LogP contribution >= 0.6 is 11.6 Å². The molecule has 0 aliphatic heterocycles. The molecule has 0 amide bonds. The fraction of sp³-hybridized carbons (Fsp3) is 0.167. The van der Waals surface area contributed by atoms with Crippen LogP contribution < -0.4 is 0 Å². The molecule has 0 bridgehead atoms. The standard InChI is InChI=1S/C18H10ClF6N/c1-12(8-9-14-15(19)6-3-7-16(14)20)4-2-5-13(10-11-26)17(21,22)18(23,24)25/h3-4,6-10H,1H3/b9-8+,12-4+,13-10+. The zero-order valence-corrected chi connectivity index (χ0v) is 13.9. The minimum Gasteiger partial charge on any atom is -0.206 e. The fourth-order valence-corrected chi connectivity index (χ4v) is 1.81. The van der Waals surface area contributed by atoms with Gasteiger partial charge in [0.15, 0.2) is 0 Å². The molecule has 8 heteroatoms. The lowest BCUT2D eigenvalue weighted by Gasteiger charge is -2.18. The van der Waals surface area contributed by atoms with Crippen LogP contribution in [0.25, 0.3) is 6.08 Å². The molecule has 0 saturated heterocycles. The van der Waals surface area contributed by atoms with Crippen molar-refractivity contribution in [2.24, 2.45) is 0 Å². The van der Waals surface area contributed by atoms with Crippen LogP contribution in [0.15, 0.2) is 47.6 Å². The molecule has 1 rings (SSSR count). The Balaban J connectivity index is 3.08. The highest BCUT2D eigenvalue weighted by Crippen LogP contribution is 2.40. The Bertz CT molecular complexity index is 840. The first-order chi connectivity index (χ1) is 12.0. The summed E-state index contributed by atoms with van der Waals surface area (Å²) in [5, 5.41) is 8.51. The van der Waals surface area contributed by atoms with Crippen molar-refractivity contribution in [3.8, 4) is 17.9 Å². The van der Waals surface area contributed by atoms with Gasteiger partial charge >= 0.3 is 12.1 Å². The predicted molar refractivity (Wildman–Crippen MR) is 86.7 cm³/mol. The van der Waals surface area contributed by atoms with Gasteiger partial charge in [0, 0.05) is 11.6 Å². The van der Waals surface area contributed by atoms with Gasteiger partial charge in [-0.15, -0.1) is 0 Å². The zero-order chi connectivity index (χ0) is 20.0. The van der Waals surface area contributed by atoms with E-state index in [4.69, 9.17) is 16.9 Å². The second kappa shape index (κ2) is 8.64. The third-order valence-corrected chi connectivity index (χ3v) is 3.25. The van der Waals surface area contributed by atoms with Gasteiger partial charge in [-0.1, -0.05) is 41.7 Å². The lowest BCUT2D eigenvalue weighted by molar-refractivity contribution is -0.262. The maximum atomic E-state index is 13.6. The monoisotopic (exact) mass is 389 g/mol. The lowest BCUT2D eigenvalue weighted by atomic mass is 10.1. The number of rotatable bonds is 3. The van der Waals surface area contributed by atoms with E-state index in [2.05, 4.69) is 0 Å². The summed E-state index contributed by atoms with van der Waals surface area (Å²) in [6.07, 6.45) is -2.12. The van der Waals surface area contributed by atoms with Crippen LogP contribution in [0.2, 0.25) is 5.02 Å². The molecule has 0 saturated carbocycles. The molecular formula is C18H10ClF6N. The van der Waals surface area contributed by atoms with Crippen LogP contribution in [0.3, 0.4) is 0 Å². The molecular weight excluding hydrogens is 380 g/mol. The van der Waals surface area contributed by atoms with E-state index in [1.165, 1.54) is 37.3 Å². The van der Waals surface area contributed by atoms with Crippen LogP contribution in [0.5, 0.6) is 0 Å². The van der Waals surface area contributed by atoms with Gasteiger partial charge < -0.3 is 0 Å². The summed E-state index contributed by atoms with van der Waals surface area (Å²) in [6, 6.07) is 5.16. The average Bonchev–Trinajstić information content (AvgIpc) is 2.52. The van der Waals surface area contributed by atoms with Crippen molar-refractivity contribution in [1.29, 1.82) is 5.26 Å². The van der Waals surface area contributed by atoms with Gasteiger partial charge in [-0.25, -0.2) is 4.39 Å². The van der Waals surface area contributed by atoms with Crippen molar-refractivity contribution in [3.05, 3.63) is 64.0 Å². The summed E-state index contributed by atoms with van der Waals surface area (Å²) in [6.45, 7) is 1.47. The van der Waals surface area contributed by atoms with Crippen LogP contribution in [0, 0.1) is 29.0 Å². The molecule has 0 unspecified atom stereocenters. The predicted octanol–water partition coefficient (Wildman–Crippen LogP) is 6.09. The van der Waals surface area contributed by atoms with Gasteiger partial charge in [0.25, 0.3) is 0 Å². The summed E-state index contributed by atoms with van der Waals surface area (Å²) >= 11 is 5.82. The highest BCUT2D eigenvalue weighted by atomic mass is 35.5. The lowest BCUT2D eigenvalue weighted by Crippen LogP contribution is -2.37. The van der Waals surface area contributed by atoms with Gasteiger partial charge in [0.2, 0.25) is 0 Å². The smallest absolute Gasteiger partial charge is 0.206 e. The highest BCUT2D eigenvalue weighted by molar-refractivity contribution is 6.32. The molecule has 136 valence electrons. The Morgan fingerprint density at radius 3 is 2.35 bits per heavy atom. The second-order valence-electron chi connectivity index (χ2n) is 4.89. The van der Waals surface area contributed by atoms with Crippen molar-refractivity contribution in [1.82, 2.24) is 0 Å². The Morgan fingerprint density at radius 1 is 1.15 bits per heavy atom. The van der Waals surface area contributed by atoms with Gasteiger partial charge in [0.1, 0.15) is 5.82 Å². The van der Waals surface area contributed by atoms with E-state index in [9.17, 15) is 26.3 Å². The van der Waals surface area contributed by atoms with Gasteiger partial charge in [0.05, 0.1) is 16.7 Å². The number of allylic oxidation sites excluding steroid dienone is 5. The minimum atomic E-state index is -5.87. The molecule has 0 spiro atoms. The van der Waals surface area contributed by atoms with Gasteiger partial charge in [-0.2, -0.15) is 27.2 Å². The fourth-order valence-electron chi connectivity index (χ4n) is 1.58. The number of halogens is 7. The van der Waals surface area contributed by atoms with E-state index >= 15 is 0 Å². The largest absolute Gasteiger partial charge is 0.458 e. The summed E-state index contributed by atoms with van der Waals surface area (Å²) < 4.78 is 77.0. The first-order valence-electron chi connectivity index (χ1n) is 6.86. The van der Waals surface area contributed by atoms with Gasteiger partial charge in [-0.05, 0) is 30.7 Å². The van der Waals surface area contributed by atoms with Crippen molar-refractivity contribution in [3.63, 3.8) is 0 Å². The molecule has 0 fully saturated rings. The van der Waals surface area contributed by atoms with E-state index in [0.717, 1.165) is 12.1 Å². The first-order valence-corrected chi connectivity index (χ1v) is 7.23. The third kappa shape index (κ3) is 5.44. The summed E-state index contributed by atoms with van der Waals surface area (Å²) in [7, 11) is 0. The van der Waals surface area contributed by atoms with Crippen molar-refractivity contribution in [2.75, 3.05) is 0 Å². The SMILES string of the molecule is CC(/C=C/c1c(F)cccc1Cl)=C\C#C/C(=C\C#N)C(F)(F)C(F)(F)F. The maximum Gasteiger partial charge on any atom is 0.458 e. The number of alkyl halides is 5. The van der Waals surface area contributed by atoms with E-state index in [-0.39, 0.29) is 16.7 Å². The van der Waals surface area contributed by atoms with Crippen LogP contribution in [-0.4, -0.2) is 12.1 Å². The Labute approximate surface area is 150 Å². The molecule has 0 radical (unpaired) electrons. The number of nitriles is 1. The van der Waals surface area contributed by atoms with E-state index in [1.807, 2.05) is 5.92 Å². The van der Waals surface area contributed by atoms with Crippen LogP contribution in [-0.2, 0) is 0 Å². The first kappa shape index (κ1) is 21.4. The molecule has 0 aliphatic rings. The topological polar surface area (TPSA) is 23.8 Å². The Morgan fingerprint density at radius 2 is 1.81 bits per heavy atom. The average molecular weight is 390 g/mol. The third-order valence-electron chi connectivity index (χ3n) is 2.92. The molecule has 1 aromatic rings. The zero-order valence-electron chi connectivity index (χ0n) is 13.1. The number of benzene rings is 1. The van der Waals surface area contributed by atoms with Crippen LogP contribution in [0.1, 0.15) is 12.5 Å². The maximum absolute atomic E-state index is 13.6. The highest BCUT2D eigenvalue weighted by Gasteiger charge is 2.59. The van der Waals surface area contributed by atoms with Gasteiger partial charge in [-0.3, -0.25) is 0 Å². The number of nitrogens with zero attached hydrogens (tertiary/aromatic N) is 1. The summed E-state index contributed by atoms with van der Waals surface area (Å²) in [5.41, 5.74) is -1.25. The van der Waals surface area contributed by atoms with Crippen molar-refractivity contribution in [2.45, 2.75) is 19.0 Å². The number of hydrogen-bond donors (Lipinski definition) is 0. The van der Waals surface area contributed by atoms with Crippen molar-refractivity contribution < 1.29 is 26.3 Å². The molecule has 0 aromatic heterocycles. The van der Waals surface area contributed by atoms with E-state index in [1.54, 1.807) is 5.92 Å². The van der Waals surface area contributed by atoms with Crippen LogP contribution in [0.4, 0.5) is 26.3 Å². The molecule has 26 heavy (non-hydrogen) atoms. The Kier molecular flexibility index (Phi) is 7.11. The normalized spacial score (nSPS) is 13.3. The van der Waals surface area contributed by atoms with E-state index < -0.39 is 23.5 Å². The summed E-state index contributed by atoms with van der Waals surface area (Å²) in [5.74, 6) is -2.18. The molecule has 0 N–H and O–H groups in total. The molecule has 0 aliphatic carbocycles. The summed E-state index contributed by atoms with van der Waals surface area (Å²) in [4.78, 5) is 0. The van der Waals surface area contributed by atoms with E-state index in [0.29, 0.717) is 5.57 Å². The molecule has 0 atom stereocenters. The number of hydrogen-bond acceptors (Lipinski definition) is 1. The van der Waals surface area contributed by atoms with Crippen molar-refractivity contribution >= 4 is 17.7 Å².